The monoisotopic (exact) mass is 394 g/mol. The van der Waals surface area contributed by atoms with Crippen molar-refractivity contribution in [2.24, 2.45) is 0 Å². The molecule has 0 unspecified atom stereocenters. The molecule has 0 aliphatic heterocycles. The number of alkyl halides is 3. The number of nitrogens with zero attached hydrogens (tertiary/aromatic N) is 2. The summed E-state index contributed by atoms with van der Waals surface area (Å²) < 4.78 is 63.1. The number of benzene rings is 2. The van der Waals surface area contributed by atoms with E-state index in [1.54, 1.807) is 6.07 Å². The Bertz CT molecular complexity index is 999. The molecule has 0 N–H and O–H groups in total. The number of hydrogen-bond donors (Lipinski definition) is 0. The smallest absolute Gasteiger partial charge is 0.416 e. The van der Waals surface area contributed by atoms with Gasteiger partial charge in [0.1, 0.15) is 12.4 Å². The van der Waals surface area contributed by atoms with Crippen molar-refractivity contribution in [3.05, 3.63) is 77.4 Å². The largest absolute Gasteiger partial charge is 0.493 e. The van der Waals surface area contributed by atoms with Crippen LogP contribution in [-0.2, 0) is 17.5 Å². The van der Waals surface area contributed by atoms with Crippen molar-refractivity contribution in [1.29, 1.82) is 0 Å². The van der Waals surface area contributed by atoms with Gasteiger partial charge in [0.05, 0.1) is 24.6 Å². The van der Waals surface area contributed by atoms with Crippen LogP contribution in [0.25, 0.3) is 5.69 Å². The van der Waals surface area contributed by atoms with Gasteiger partial charge in [-0.15, -0.1) is 0 Å². The van der Waals surface area contributed by atoms with Gasteiger partial charge in [0.25, 0.3) is 0 Å². The third-order valence-electron chi connectivity index (χ3n) is 3.79. The minimum atomic E-state index is -4.51. The molecule has 0 spiro atoms. The summed E-state index contributed by atoms with van der Waals surface area (Å²) in [6.07, 6.45) is -3.24. The first kappa shape index (κ1) is 19.4. The Morgan fingerprint density at radius 1 is 1.14 bits per heavy atom. The molecular weight excluding hydrogens is 380 g/mol. The molecule has 5 nitrogen and oxygen atoms in total. The standard InChI is InChI=1S/C19H14F4N2O3/c1-27-16-10-25(15-7-3-5-13(9-15)19(21,22)23)24-17(16)18(26)28-11-12-4-2-6-14(20)8-12/h2-10H,11H2,1H3. The Hall–Kier alpha value is -3.36. The molecule has 0 aliphatic rings. The molecule has 0 fully saturated rings. The lowest BCUT2D eigenvalue weighted by Gasteiger charge is -2.08. The van der Waals surface area contributed by atoms with Crippen LogP contribution in [0.5, 0.6) is 5.75 Å². The average molecular weight is 394 g/mol. The second-order valence-corrected chi connectivity index (χ2v) is 5.74. The Kier molecular flexibility index (Phi) is 5.34. The van der Waals surface area contributed by atoms with Crippen molar-refractivity contribution in [2.45, 2.75) is 12.8 Å². The van der Waals surface area contributed by atoms with E-state index in [2.05, 4.69) is 5.10 Å². The Morgan fingerprint density at radius 3 is 2.57 bits per heavy atom. The number of aromatic nitrogens is 2. The van der Waals surface area contributed by atoms with Gasteiger partial charge in [0.15, 0.2) is 5.75 Å². The molecule has 9 heteroatoms. The van der Waals surface area contributed by atoms with Gasteiger partial charge in [-0.2, -0.15) is 18.3 Å². The summed E-state index contributed by atoms with van der Waals surface area (Å²) in [6, 6.07) is 9.98. The zero-order chi connectivity index (χ0) is 20.3. The number of carbonyl (C=O) groups excluding carboxylic acids is 1. The third kappa shape index (κ3) is 4.30. The van der Waals surface area contributed by atoms with E-state index in [1.807, 2.05) is 0 Å². The highest BCUT2D eigenvalue weighted by Crippen LogP contribution is 2.31. The summed E-state index contributed by atoms with van der Waals surface area (Å²) in [5.74, 6) is -1.30. The number of carbonyl (C=O) groups is 1. The fraction of sp³-hybridized carbons (Fsp3) is 0.158. The first-order valence-corrected chi connectivity index (χ1v) is 8.01. The van der Waals surface area contributed by atoms with Crippen LogP contribution in [0.1, 0.15) is 21.6 Å². The second-order valence-electron chi connectivity index (χ2n) is 5.74. The summed E-state index contributed by atoms with van der Waals surface area (Å²) in [4.78, 5) is 12.3. The summed E-state index contributed by atoms with van der Waals surface area (Å²) in [5.41, 5.74) is -0.534. The van der Waals surface area contributed by atoms with Crippen LogP contribution in [0.4, 0.5) is 17.6 Å². The van der Waals surface area contributed by atoms with Crippen LogP contribution in [0.15, 0.2) is 54.7 Å². The predicted molar refractivity (Wildman–Crippen MR) is 90.6 cm³/mol. The third-order valence-corrected chi connectivity index (χ3v) is 3.79. The van der Waals surface area contributed by atoms with Crippen LogP contribution in [-0.4, -0.2) is 22.9 Å². The highest BCUT2D eigenvalue weighted by atomic mass is 19.4. The molecule has 0 amide bonds. The van der Waals surface area contributed by atoms with Gasteiger partial charge in [-0.3, -0.25) is 0 Å². The van der Waals surface area contributed by atoms with Gasteiger partial charge in [0, 0.05) is 0 Å². The maximum Gasteiger partial charge on any atom is 0.416 e. The fourth-order valence-electron chi connectivity index (χ4n) is 2.45. The van der Waals surface area contributed by atoms with Gasteiger partial charge >= 0.3 is 12.1 Å². The summed E-state index contributed by atoms with van der Waals surface area (Å²) >= 11 is 0. The Balaban J connectivity index is 1.83. The molecule has 3 aromatic rings. The van der Waals surface area contributed by atoms with Crippen molar-refractivity contribution in [1.82, 2.24) is 9.78 Å². The fourth-order valence-corrected chi connectivity index (χ4v) is 2.45. The summed E-state index contributed by atoms with van der Waals surface area (Å²) in [6.45, 7) is -0.198. The molecule has 1 aromatic heterocycles. The topological polar surface area (TPSA) is 53.4 Å². The molecule has 0 saturated heterocycles. The number of esters is 1. The first-order chi connectivity index (χ1) is 13.3. The molecule has 0 radical (unpaired) electrons. The zero-order valence-corrected chi connectivity index (χ0v) is 14.5. The summed E-state index contributed by atoms with van der Waals surface area (Å²) in [5, 5.41) is 3.98. The lowest BCUT2D eigenvalue weighted by atomic mass is 10.2. The molecule has 0 saturated carbocycles. The summed E-state index contributed by atoms with van der Waals surface area (Å²) in [7, 11) is 1.29. The predicted octanol–water partition coefficient (Wildman–Crippen LogP) is 4.40. The van der Waals surface area contributed by atoms with Crippen LogP contribution < -0.4 is 4.74 Å². The molecule has 1 heterocycles. The molecule has 28 heavy (non-hydrogen) atoms. The lowest BCUT2D eigenvalue weighted by Crippen LogP contribution is -2.09. The van der Waals surface area contributed by atoms with Gasteiger partial charge < -0.3 is 9.47 Å². The molecule has 2 aromatic carbocycles. The van der Waals surface area contributed by atoms with E-state index >= 15 is 0 Å². The Labute approximate surface area is 157 Å². The van der Waals surface area contributed by atoms with Gasteiger partial charge in [-0.1, -0.05) is 18.2 Å². The number of hydrogen-bond acceptors (Lipinski definition) is 4. The van der Waals surface area contributed by atoms with E-state index in [4.69, 9.17) is 9.47 Å². The Morgan fingerprint density at radius 2 is 1.89 bits per heavy atom. The van der Waals surface area contributed by atoms with Crippen LogP contribution in [0.2, 0.25) is 0 Å². The van der Waals surface area contributed by atoms with E-state index in [1.165, 1.54) is 43.6 Å². The van der Waals surface area contributed by atoms with Crippen molar-refractivity contribution in [2.75, 3.05) is 7.11 Å². The SMILES string of the molecule is COc1cn(-c2cccc(C(F)(F)F)c2)nc1C(=O)OCc1cccc(F)c1. The highest BCUT2D eigenvalue weighted by molar-refractivity contribution is 5.90. The van der Waals surface area contributed by atoms with Crippen molar-refractivity contribution >= 4 is 5.97 Å². The van der Waals surface area contributed by atoms with Crippen molar-refractivity contribution in [3.8, 4) is 11.4 Å². The van der Waals surface area contributed by atoms with Crippen LogP contribution in [0.3, 0.4) is 0 Å². The number of rotatable bonds is 5. The molecular formula is C19H14F4N2O3. The van der Waals surface area contributed by atoms with E-state index in [9.17, 15) is 22.4 Å². The minimum absolute atomic E-state index is 0.0293. The van der Waals surface area contributed by atoms with E-state index in [0.29, 0.717) is 5.56 Å². The first-order valence-electron chi connectivity index (χ1n) is 8.01. The van der Waals surface area contributed by atoms with Gasteiger partial charge in [0.2, 0.25) is 5.69 Å². The van der Waals surface area contributed by atoms with Crippen LogP contribution >= 0.6 is 0 Å². The molecule has 3 rings (SSSR count). The van der Waals surface area contributed by atoms with E-state index in [-0.39, 0.29) is 23.7 Å². The molecule has 0 bridgehead atoms. The van der Waals surface area contributed by atoms with Gasteiger partial charge in [-0.05, 0) is 35.9 Å². The zero-order valence-electron chi connectivity index (χ0n) is 14.5. The number of halogens is 4. The van der Waals surface area contributed by atoms with Gasteiger partial charge in [-0.25, -0.2) is 13.9 Å². The lowest BCUT2D eigenvalue weighted by molar-refractivity contribution is -0.137. The molecule has 146 valence electrons. The molecule has 0 aliphatic carbocycles. The minimum Gasteiger partial charge on any atom is -0.493 e. The van der Waals surface area contributed by atoms with E-state index in [0.717, 1.165) is 16.8 Å². The quantitative estimate of drug-likeness (QED) is 0.476. The molecule has 0 atom stereocenters. The highest BCUT2D eigenvalue weighted by Gasteiger charge is 2.31. The van der Waals surface area contributed by atoms with Crippen molar-refractivity contribution < 1.29 is 31.8 Å². The van der Waals surface area contributed by atoms with E-state index < -0.39 is 23.5 Å². The second kappa shape index (κ2) is 7.71. The number of ether oxygens (including phenoxy) is 2. The maximum absolute atomic E-state index is 13.2. The maximum atomic E-state index is 13.2. The van der Waals surface area contributed by atoms with Crippen molar-refractivity contribution in [3.63, 3.8) is 0 Å². The average Bonchev–Trinajstić information content (AvgIpc) is 3.10. The number of methoxy groups -OCH3 is 1. The van der Waals surface area contributed by atoms with Crippen LogP contribution in [0, 0.1) is 5.82 Å². The normalized spacial score (nSPS) is 11.3.